The first-order valence-electron chi connectivity index (χ1n) is 7.01. The highest BCUT2D eigenvalue weighted by Crippen LogP contribution is 2.11. The van der Waals surface area contributed by atoms with Crippen LogP contribution < -0.4 is 0 Å². The van der Waals surface area contributed by atoms with Gasteiger partial charge in [-0.15, -0.1) is 0 Å². The van der Waals surface area contributed by atoms with Gasteiger partial charge in [0.1, 0.15) is 0 Å². The Hall–Kier alpha value is -0.830. The Morgan fingerprint density at radius 2 is 1.94 bits per heavy atom. The molecule has 17 heavy (non-hydrogen) atoms. The van der Waals surface area contributed by atoms with Crippen LogP contribution in [-0.2, 0) is 6.54 Å². The van der Waals surface area contributed by atoms with Crippen molar-refractivity contribution in [3.63, 3.8) is 0 Å². The summed E-state index contributed by atoms with van der Waals surface area (Å²) in [6.07, 6.45) is 7.54. The average molecular weight is 235 g/mol. The van der Waals surface area contributed by atoms with Crippen molar-refractivity contribution in [2.75, 3.05) is 19.6 Å². The highest BCUT2D eigenvalue weighted by Gasteiger charge is 2.09. The van der Waals surface area contributed by atoms with Crippen LogP contribution in [0.1, 0.15) is 51.1 Å². The number of hydrogen-bond acceptors (Lipinski definition) is 2. The second kappa shape index (κ2) is 6.20. The van der Waals surface area contributed by atoms with Gasteiger partial charge in [-0.3, -0.25) is 4.68 Å². The van der Waals surface area contributed by atoms with Gasteiger partial charge in [0.25, 0.3) is 0 Å². The third-order valence-corrected chi connectivity index (χ3v) is 3.56. The maximum absolute atomic E-state index is 4.59. The molecular formula is C14H25N3. The van der Waals surface area contributed by atoms with E-state index in [4.69, 9.17) is 0 Å². The van der Waals surface area contributed by atoms with Gasteiger partial charge in [-0.1, -0.05) is 20.3 Å². The molecule has 1 aliphatic heterocycles. The smallest absolute Gasteiger partial charge is 0.0649 e. The van der Waals surface area contributed by atoms with E-state index in [2.05, 4.69) is 40.8 Å². The van der Waals surface area contributed by atoms with Gasteiger partial charge in [-0.25, -0.2) is 0 Å². The Bertz CT molecular complexity index is 324. The lowest BCUT2D eigenvalue weighted by Crippen LogP contribution is -2.31. The minimum absolute atomic E-state index is 0.540. The molecule has 0 atom stereocenters. The van der Waals surface area contributed by atoms with E-state index in [9.17, 15) is 0 Å². The summed E-state index contributed by atoms with van der Waals surface area (Å²) in [6, 6.07) is 2.14. The topological polar surface area (TPSA) is 21.1 Å². The number of hydrogen-bond donors (Lipinski definition) is 0. The maximum Gasteiger partial charge on any atom is 0.0649 e. The zero-order chi connectivity index (χ0) is 12.1. The normalized spacial score (nSPS) is 17.8. The van der Waals surface area contributed by atoms with E-state index in [0.717, 1.165) is 6.54 Å². The molecular weight excluding hydrogens is 210 g/mol. The molecule has 0 amide bonds. The molecule has 96 valence electrons. The molecule has 1 aromatic rings. The van der Waals surface area contributed by atoms with E-state index in [1.165, 1.54) is 51.0 Å². The van der Waals surface area contributed by atoms with Crippen molar-refractivity contribution >= 4 is 0 Å². The van der Waals surface area contributed by atoms with Crippen LogP contribution in [-0.4, -0.2) is 34.3 Å². The lowest BCUT2D eigenvalue weighted by atomic mass is 10.1. The summed E-state index contributed by atoms with van der Waals surface area (Å²) in [5, 5.41) is 4.59. The van der Waals surface area contributed by atoms with E-state index in [1.807, 2.05) is 0 Å². The Labute approximate surface area is 105 Å². The zero-order valence-electron chi connectivity index (χ0n) is 11.2. The second-order valence-corrected chi connectivity index (χ2v) is 5.41. The Kier molecular flexibility index (Phi) is 4.60. The van der Waals surface area contributed by atoms with Crippen molar-refractivity contribution in [2.24, 2.45) is 0 Å². The molecule has 1 fully saturated rings. The van der Waals surface area contributed by atoms with Gasteiger partial charge in [0.05, 0.1) is 5.69 Å². The van der Waals surface area contributed by atoms with Gasteiger partial charge in [0, 0.05) is 12.7 Å². The number of piperidine rings is 1. The summed E-state index contributed by atoms with van der Waals surface area (Å²) in [4.78, 5) is 2.59. The molecule has 1 saturated heterocycles. The first-order chi connectivity index (χ1) is 8.25. The van der Waals surface area contributed by atoms with Gasteiger partial charge in [0.2, 0.25) is 0 Å². The van der Waals surface area contributed by atoms with E-state index < -0.39 is 0 Å². The number of rotatable bonds is 5. The third kappa shape index (κ3) is 3.84. The quantitative estimate of drug-likeness (QED) is 0.782. The molecule has 2 heterocycles. The van der Waals surface area contributed by atoms with Crippen molar-refractivity contribution in [1.82, 2.24) is 14.7 Å². The largest absolute Gasteiger partial charge is 0.303 e. The molecule has 1 aliphatic rings. The predicted octanol–water partition coefficient (Wildman–Crippen LogP) is 2.88. The average Bonchev–Trinajstić information content (AvgIpc) is 2.79. The lowest BCUT2D eigenvalue weighted by molar-refractivity contribution is 0.222. The Morgan fingerprint density at radius 1 is 1.18 bits per heavy atom. The van der Waals surface area contributed by atoms with Crippen LogP contribution in [0.15, 0.2) is 12.3 Å². The lowest BCUT2D eigenvalue weighted by Gasteiger charge is -2.26. The van der Waals surface area contributed by atoms with Crippen molar-refractivity contribution in [1.29, 1.82) is 0 Å². The Balaban J connectivity index is 1.70. The number of aromatic nitrogens is 2. The van der Waals surface area contributed by atoms with E-state index in [-0.39, 0.29) is 0 Å². The van der Waals surface area contributed by atoms with Gasteiger partial charge in [-0.05, 0) is 50.9 Å². The summed E-state index contributed by atoms with van der Waals surface area (Å²) >= 11 is 0. The van der Waals surface area contributed by atoms with Gasteiger partial charge >= 0.3 is 0 Å². The minimum atomic E-state index is 0.540. The molecule has 0 aromatic carbocycles. The summed E-state index contributed by atoms with van der Waals surface area (Å²) in [5.74, 6) is 0.540. The fourth-order valence-corrected chi connectivity index (χ4v) is 2.45. The van der Waals surface area contributed by atoms with Crippen LogP contribution in [0.3, 0.4) is 0 Å². The summed E-state index contributed by atoms with van der Waals surface area (Å²) < 4.78 is 2.10. The molecule has 0 bridgehead atoms. The first-order valence-corrected chi connectivity index (χ1v) is 7.01. The Morgan fingerprint density at radius 3 is 2.59 bits per heavy atom. The molecule has 0 aliphatic carbocycles. The van der Waals surface area contributed by atoms with Crippen LogP contribution in [0.5, 0.6) is 0 Å². The SMILES string of the molecule is CC(C)c1ccn(CCCN2CCCCC2)n1. The van der Waals surface area contributed by atoms with Crippen molar-refractivity contribution in [3.05, 3.63) is 18.0 Å². The molecule has 0 N–H and O–H groups in total. The summed E-state index contributed by atoms with van der Waals surface area (Å²) in [7, 11) is 0. The van der Waals surface area contributed by atoms with Crippen molar-refractivity contribution in [2.45, 2.75) is 52.0 Å². The molecule has 3 nitrogen and oxygen atoms in total. The number of nitrogens with zero attached hydrogens (tertiary/aromatic N) is 3. The van der Waals surface area contributed by atoms with Gasteiger partial charge in [0.15, 0.2) is 0 Å². The fraction of sp³-hybridized carbons (Fsp3) is 0.786. The second-order valence-electron chi connectivity index (χ2n) is 5.41. The van der Waals surface area contributed by atoms with Gasteiger partial charge in [-0.2, -0.15) is 5.10 Å². The monoisotopic (exact) mass is 235 g/mol. The van der Waals surface area contributed by atoms with Crippen LogP contribution in [0.25, 0.3) is 0 Å². The third-order valence-electron chi connectivity index (χ3n) is 3.56. The molecule has 0 radical (unpaired) electrons. The van der Waals surface area contributed by atoms with Crippen LogP contribution in [0.4, 0.5) is 0 Å². The summed E-state index contributed by atoms with van der Waals surface area (Å²) in [5.41, 5.74) is 1.21. The molecule has 3 heteroatoms. The standard InChI is InChI=1S/C14H25N3/c1-13(2)14-7-12-17(15-14)11-6-10-16-8-4-3-5-9-16/h7,12-13H,3-6,8-11H2,1-2H3. The number of likely N-dealkylation sites (tertiary alicyclic amines) is 1. The minimum Gasteiger partial charge on any atom is -0.303 e. The van der Waals surface area contributed by atoms with E-state index in [1.54, 1.807) is 0 Å². The predicted molar refractivity (Wildman–Crippen MR) is 71.2 cm³/mol. The molecule has 0 spiro atoms. The van der Waals surface area contributed by atoms with Crippen molar-refractivity contribution in [3.8, 4) is 0 Å². The maximum atomic E-state index is 4.59. The zero-order valence-corrected chi connectivity index (χ0v) is 11.2. The molecule has 0 saturated carbocycles. The summed E-state index contributed by atoms with van der Waals surface area (Å²) in [6.45, 7) is 9.29. The van der Waals surface area contributed by atoms with Gasteiger partial charge < -0.3 is 4.90 Å². The van der Waals surface area contributed by atoms with E-state index in [0.29, 0.717) is 5.92 Å². The highest BCUT2D eigenvalue weighted by atomic mass is 15.3. The van der Waals surface area contributed by atoms with Crippen LogP contribution in [0, 0.1) is 0 Å². The molecule has 0 unspecified atom stereocenters. The fourth-order valence-electron chi connectivity index (χ4n) is 2.45. The highest BCUT2D eigenvalue weighted by molar-refractivity contribution is 5.03. The molecule has 1 aromatic heterocycles. The van der Waals surface area contributed by atoms with Crippen LogP contribution >= 0.6 is 0 Å². The number of aryl methyl sites for hydroxylation is 1. The first kappa shape index (κ1) is 12.6. The molecule has 2 rings (SSSR count). The van der Waals surface area contributed by atoms with E-state index >= 15 is 0 Å². The van der Waals surface area contributed by atoms with Crippen molar-refractivity contribution < 1.29 is 0 Å². The van der Waals surface area contributed by atoms with Crippen LogP contribution in [0.2, 0.25) is 0 Å².